The SMILES string of the molecule is [O]c1ccc(Nc2ccc(Nc3ccccc3)cc2)cc1. The molecule has 3 aromatic carbocycles. The minimum atomic E-state index is 0.0166. The van der Waals surface area contributed by atoms with Gasteiger partial charge in [-0.2, -0.15) is 0 Å². The Kier molecular flexibility index (Phi) is 3.74. The van der Waals surface area contributed by atoms with Crippen LogP contribution in [0.5, 0.6) is 5.75 Å². The summed E-state index contributed by atoms with van der Waals surface area (Å²) in [5.74, 6) is 0.0166. The number of anilines is 4. The van der Waals surface area contributed by atoms with Gasteiger partial charge in [-0.05, 0) is 60.7 Å². The summed E-state index contributed by atoms with van der Waals surface area (Å²) in [7, 11) is 0. The van der Waals surface area contributed by atoms with Crippen molar-refractivity contribution in [3.63, 3.8) is 0 Å². The van der Waals surface area contributed by atoms with E-state index in [0.717, 1.165) is 22.7 Å². The lowest BCUT2D eigenvalue weighted by Gasteiger charge is -2.09. The van der Waals surface area contributed by atoms with Crippen LogP contribution in [0.15, 0.2) is 78.9 Å². The van der Waals surface area contributed by atoms with Crippen molar-refractivity contribution in [3.8, 4) is 5.75 Å². The van der Waals surface area contributed by atoms with Crippen molar-refractivity contribution >= 4 is 22.7 Å². The van der Waals surface area contributed by atoms with Crippen LogP contribution in [-0.2, 0) is 5.11 Å². The maximum absolute atomic E-state index is 11.1. The summed E-state index contributed by atoms with van der Waals surface area (Å²) in [6.07, 6.45) is 0. The molecule has 0 aliphatic carbocycles. The first-order chi connectivity index (χ1) is 10.3. The lowest BCUT2D eigenvalue weighted by Crippen LogP contribution is -1.92. The molecular weight excluding hydrogens is 260 g/mol. The van der Waals surface area contributed by atoms with Crippen LogP contribution in [0.25, 0.3) is 0 Å². The van der Waals surface area contributed by atoms with E-state index in [9.17, 15) is 5.11 Å². The van der Waals surface area contributed by atoms with Gasteiger partial charge in [0.25, 0.3) is 0 Å². The lowest BCUT2D eigenvalue weighted by molar-refractivity contribution is 0.355. The summed E-state index contributed by atoms with van der Waals surface area (Å²) in [4.78, 5) is 0. The Labute approximate surface area is 123 Å². The molecule has 0 saturated heterocycles. The molecule has 3 aromatic rings. The molecule has 103 valence electrons. The summed E-state index contributed by atoms with van der Waals surface area (Å²) < 4.78 is 0. The number of benzene rings is 3. The molecule has 0 fully saturated rings. The largest absolute Gasteiger partial charge is 0.356 e. The van der Waals surface area contributed by atoms with Crippen LogP contribution in [0.3, 0.4) is 0 Å². The van der Waals surface area contributed by atoms with Gasteiger partial charge in [0.1, 0.15) is 0 Å². The average Bonchev–Trinajstić information content (AvgIpc) is 2.53. The van der Waals surface area contributed by atoms with Gasteiger partial charge in [-0.1, -0.05) is 18.2 Å². The molecule has 1 radical (unpaired) electrons. The number of hydrogen-bond donors (Lipinski definition) is 2. The Balaban J connectivity index is 1.68. The molecule has 3 nitrogen and oxygen atoms in total. The van der Waals surface area contributed by atoms with Crippen molar-refractivity contribution in [3.05, 3.63) is 78.9 Å². The second-order valence-electron chi connectivity index (χ2n) is 4.72. The van der Waals surface area contributed by atoms with Crippen molar-refractivity contribution < 1.29 is 5.11 Å². The van der Waals surface area contributed by atoms with E-state index in [1.165, 1.54) is 0 Å². The Hall–Kier alpha value is -2.94. The number of para-hydroxylation sites is 1. The zero-order valence-corrected chi connectivity index (χ0v) is 11.4. The Morgan fingerprint density at radius 3 is 1.33 bits per heavy atom. The highest BCUT2D eigenvalue weighted by molar-refractivity contribution is 5.66. The zero-order chi connectivity index (χ0) is 14.5. The van der Waals surface area contributed by atoms with Crippen LogP contribution in [0.1, 0.15) is 0 Å². The third kappa shape index (κ3) is 3.54. The molecule has 0 unspecified atom stereocenters. The van der Waals surface area contributed by atoms with Crippen molar-refractivity contribution in [2.24, 2.45) is 0 Å². The fourth-order valence-corrected chi connectivity index (χ4v) is 2.03. The maximum Gasteiger partial charge on any atom is 0.178 e. The molecule has 0 aliphatic rings. The van der Waals surface area contributed by atoms with E-state index in [-0.39, 0.29) is 5.75 Å². The Morgan fingerprint density at radius 1 is 0.476 bits per heavy atom. The third-order valence-electron chi connectivity index (χ3n) is 3.09. The molecule has 0 atom stereocenters. The van der Waals surface area contributed by atoms with Crippen LogP contribution < -0.4 is 10.6 Å². The Bertz CT molecular complexity index is 692. The van der Waals surface area contributed by atoms with Crippen LogP contribution >= 0.6 is 0 Å². The highest BCUT2D eigenvalue weighted by atomic mass is 16.3. The van der Waals surface area contributed by atoms with E-state index in [2.05, 4.69) is 10.6 Å². The molecule has 0 saturated carbocycles. The van der Waals surface area contributed by atoms with Gasteiger partial charge in [0.15, 0.2) is 5.75 Å². The quantitative estimate of drug-likeness (QED) is 0.677. The molecule has 3 heteroatoms. The van der Waals surface area contributed by atoms with Crippen LogP contribution in [0, 0.1) is 0 Å². The topological polar surface area (TPSA) is 44.0 Å². The molecule has 2 N–H and O–H groups in total. The predicted octanol–water partition coefficient (Wildman–Crippen LogP) is 5.32. The van der Waals surface area contributed by atoms with E-state index >= 15 is 0 Å². The van der Waals surface area contributed by atoms with E-state index in [4.69, 9.17) is 0 Å². The van der Waals surface area contributed by atoms with Crippen molar-refractivity contribution in [2.45, 2.75) is 0 Å². The molecule has 0 spiro atoms. The number of rotatable bonds is 4. The van der Waals surface area contributed by atoms with Gasteiger partial charge < -0.3 is 10.6 Å². The molecule has 0 aliphatic heterocycles. The fourth-order valence-electron chi connectivity index (χ4n) is 2.03. The van der Waals surface area contributed by atoms with E-state index in [1.807, 2.05) is 54.6 Å². The van der Waals surface area contributed by atoms with E-state index in [1.54, 1.807) is 24.3 Å². The summed E-state index contributed by atoms with van der Waals surface area (Å²) in [6, 6.07) is 24.7. The van der Waals surface area contributed by atoms with E-state index < -0.39 is 0 Å². The van der Waals surface area contributed by atoms with Crippen LogP contribution in [0.4, 0.5) is 22.7 Å². The molecular formula is C18H15N2O. The van der Waals surface area contributed by atoms with Gasteiger partial charge in [0, 0.05) is 22.7 Å². The van der Waals surface area contributed by atoms with Crippen molar-refractivity contribution in [2.75, 3.05) is 10.6 Å². The van der Waals surface area contributed by atoms with Gasteiger partial charge in [0.2, 0.25) is 0 Å². The smallest absolute Gasteiger partial charge is 0.178 e. The van der Waals surface area contributed by atoms with Gasteiger partial charge in [-0.15, -0.1) is 0 Å². The summed E-state index contributed by atoms with van der Waals surface area (Å²) in [5.41, 5.74) is 3.97. The van der Waals surface area contributed by atoms with Gasteiger partial charge in [-0.3, -0.25) is 5.11 Å². The molecule has 0 heterocycles. The highest BCUT2D eigenvalue weighted by Gasteiger charge is 1.97. The monoisotopic (exact) mass is 275 g/mol. The highest BCUT2D eigenvalue weighted by Crippen LogP contribution is 2.22. The first kappa shape index (κ1) is 13.1. The average molecular weight is 275 g/mol. The Morgan fingerprint density at radius 2 is 0.857 bits per heavy atom. The van der Waals surface area contributed by atoms with E-state index in [0.29, 0.717) is 0 Å². The summed E-state index contributed by atoms with van der Waals surface area (Å²) >= 11 is 0. The first-order valence-electron chi connectivity index (χ1n) is 6.76. The lowest BCUT2D eigenvalue weighted by atomic mass is 10.2. The standard InChI is InChI=1S/C18H15N2O/c21-18-12-10-17(11-13-18)20-16-8-6-15(7-9-16)19-14-4-2-1-3-5-14/h1-13,19-20H. The minimum Gasteiger partial charge on any atom is -0.356 e. The molecule has 0 amide bonds. The zero-order valence-electron chi connectivity index (χ0n) is 11.4. The second-order valence-corrected chi connectivity index (χ2v) is 4.72. The molecule has 21 heavy (non-hydrogen) atoms. The predicted molar refractivity (Wildman–Crippen MR) is 86.0 cm³/mol. The molecule has 0 aromatic heterocycles. The molecule has 3 rings (SSSR count). The fraction of sp³-hybridized carbons (Fsp3) is 0. The van der Waals surface area contributed by atoms with Gasteiger partial charge >= 0.3 is 0 Å². The van der Waals surface area contributed by atoms with Gasteiger partial charge in [0.05, 0.1) is 0 Å². The number of nitrogens with one attached hydrogen (secondary N) is 2. The number of hydrogen-bond acceptors (Lipinski definition) is 2. The first-order valence-corrected chi connectivity index (χ1v) is 6.76. The third-order valence-corrected chi connectivity index (χ3v) is 3.09. The van der Waals surface area contributed by atoms with Crippen LogP contribution in [-0.4, -0.2) is 0 Å². The molecule has 0 bridgehead atoms. The van der Waals surface area contributed by atoms with Crippen molar-refractivity contribution in [1.82, 2.24) is 0 Å². The summed E-state index contributed by atoms with van der Waals surface area (Å²) in [5, 5.41) is 17.6. The van der Waals surface area contributed by atoms with Gasteiger partial charge in [-0.25, -0.2) is 0 Å². The van der Waals surface area contributed by atoms with Crippen molar-refractivity contribution in [1.29, 1.82) is 0 Å². The van der Waals surface area contributed by atoms with Crippen LogP contribution in [0.2, 0.25) is 0 Å². The second kappa shape index (κ2) is 6.01. The summed E-state index contributed by atoms with van der Waals surface area (Å²) in [6.45, 7) is 0. The minimum absolute atomic E-state index is 0.0166. The maximum atomic E-state index is 11.1. The normalized spacial score (nSPS) is 10.1.